The van der Waals surface area contributed by atoms with Crippen molar-refractivity contribution in [1.82, 2.24) is 9.78 Å². The molecule has 18 heavy (non-hydrogen) atoms. The van der Waals surface area contributed by atoms with Crippen LogP contribution in [0.4, 0.5) is 5.69 Å². The maximum Gasteiger partial charge on any atom is 0.274 e. The summed E-state index contributed by atoms with van der Waals surface area (Å²) in [5.74, 6) is 0. The number of aryl methyl sites for hydroxylation is 1. The van der Waals surface area contributed by atoms with E-state index in [4.69, 9.17) is 5.73 Å². The summed E-state index contributed by atoms with van der Waals surface area (Å²) in [5, 5.41) is 3.36. The zero-order valence-corrected chi connectivity index (χ0v) is 9.97. The number of aromatic amines is 1. The Morgan fingerprint density at radius 2 is 1.94 bits per heavy atom. The van der Waals surface area contributed by atoms with Crippen molar-refractivity contribution < 1.29 is 0 Å². The summed E-state index contributed by atoms with van der Waals surface area (Å²) in [6.45, 7) is 2.02. The fourth-order valence-electron chi connectivity index (χ4n) is 2.18. The van der Waals surface area contributed by atoms with Crippen LogP contribution in [-0.4, -0.2) is 9.78 Å². The minimum Gasteiger partial charge on any atom is -0.398 e. The Bertz CT molecular complexity index is 783. The molecule has 4 nitrogen and oxygen atoms in total. The van der Waals surface area contributed by atoms with Crippen LogP contribution >= 0.6 is 0 Å². The van der Waals surface area contributed by atoms with Crippen molar-refractivity contribution in [2.75, 3.05) is 5.73 Å². The molecule has 0 saturated heterocycles. The van der Waals surface area contributed by atoms with Crippen LogP contribution in [0, 0.1) is 6.92 Å². The van der Waals surface area contributed by atoms with Crippen molar-refractivity contribution in [1.29, 1.82) is 0 Å². The minimum absolute atomic E-state index is 0.162. The molecule has 0 fully saturated rings. The number of H-pyrrole nitrogens is 1. The standard InChI is InChI=1S/C14H13N3O/c1-9-4-2-5-10(8-9)17-12-7-3-6-11(15)13(12)14(18)16-17/h2-8H,15H2,1H3,(H,16,18). The number of fused-ring (bicyclic) bond motifs is 1. The summed E-state index contributed by atoms with van der Waals surface area (Å²) < 4.78 is 1.76. The number of nitrogen functional groups attached to an aromatic ring is 1. The summed E-state index contributed by atoms with van der Waals surface area (Å²) in [4.78, 5) is 11.9. The number of nitrogens with one attached hydrogen (secondary N) is 1. The van der Waals surface area contributed by atoms with Gasteiger partial charge in [-0.3, -0.25) is 14.6 Å². The number of benzene rings is 2. The second kappa shape index (κ2) is 3.77. The van der Waals surface area contributed by atoms with Crippen LogP contribution in [0.3, 0.4) is 0 Å². The zero-order valence-electron chi connectivity index (χ0n) is 9.97. The highest BCUT2D eigenvalue weighted by Crippen LogP contribution is 2.20. The number of hydrogen-bond acceptors (Lipinski definition) is 2. The van der Waals surface area contributed by atoms with E-state index in [-0.39, 0.29) is 5.56 Å². The van der Waals surface area contributed by atoms with Crippen LogP contribution in [0.25, 0.3) is 16.6 Å². The van der Waals surface area contributed by atoms with Gasteiger partial charge >= 0.3 is 0 Å². The molecular formula is C14H13N3O. The van der Waals surface area contributed by atoms with Crippen molar-refractivity contribution in [3.8, 4) is 5.69 Å². The van der Waals surface area contributed by atoms with Gasteiger partial charge in [0.05, 0.1) is 16.6 Å². The van der Waals surface area contributed by atoms with E-state index in [0.29, 0.717) is 11.1 Å². The van der Waals surface area contributed by atoms with Gasteiger partial charge in [-0.05, 0) is 36.8 Å². The fraction of sp³-hybridized carbons (Fsp3) is 0.0714. The van der Waals surface area contributed by atoms with Gasteiger partial charge < -0.3 is 5.73 Å². The van der Waals surface area contributed by atoms with Crippen molar-refractivity contribution in [2.24, 2.45) is 0 Å². The highest BCUT2D eigenvalue weighted by molar-refractivity contribution is 5.90. The predicted molar refractivity (Wildman–Crippen MR) is 73.0 cm³/mol. The SMILES string of the molecule is Cc1cccc(-n2[nH]c(=O)c3c(N)cccc32)c1. The quantitative estimate of drug-likeness (QED) is 0.639. The van der Waals surface area contributed by atoms with E-state index < -0.39 is 0 Å². The monoisotopic (exact) mass is 239 g/mol. The number of nitrogens with two attached hydrogens (primary N) is 1. The fourth-order valence-corrected chi connectivity index (χ4v) is 2.18. The summed E-state index contributed by atoms with van der Waals surface area (Å²) in [6, 6.07) is 13.4. The minimum atomic E-state index is -0.162. The Morgan fingerprint density at radius 1 is 1.17 bits per heavy atom. The Morgan fingerprint density at radius 3 is 2.72 bits per heavy atom. The number of nitrogens with zero attached hydrogens (tertiary/aromatic N) is 1. The van der Waals surface area contributed by atoms with Gasteiger partial charge in [-0.25, -0.2) is 0 Å². The van der Waals surface area contributed by atoms with Gasteiger partial charge in [0.25, 0.3) is 5.56 Å². The van der Waals surface area contributed by atoms with Crippen molar-refractivity contribution in [3.05, 3.63) is 58.4 Å². The van der Waals surface area contributed by atoms with E-state index >= 15 is 0 Å². The number of anilines is 1. The van der Waals surface area contributed by atoms with Crippen LogP contribution in [0.15, 0.2) is 47.3 Å². The van der Waals surface area contributed by atoms with Gasteiger partial charge in [0.2, 0.25) is 0 Å². The van der Waals surface area contributed by atoms with Crippen molar-refractivity contribution >= 4 is 16.6 Å². The molecule has 2 aromatic carbocycles. The molecule has 0 aliphatic carbocycles. The van der Waals surface area contributed by atoms with Gasteiger partial charge in [-0.2, -0.15) is 0 Å². The van der Waals surface area contributed by atoms with Gasteiger partial charge in [-0.15, -0.1) is 0 Å². The average Bonchev–Trinajstić information content (AvgIpc) is 2.68. The molecule has 1 heterocycles. The lowest BCUT2D eigenvalue weighted by molar-refractivity contribution is 0.890. The number of aromatic nitrogens is 2. The van der Waals surface area contributed by atoms with Gasteiger partial charge in [0, 0.05) is 5.69 Å². The molecule has 0 spiro atoms. The van der Waals surface area contributed by atoms with E-state index in [1.165, 1.54) is 0 Å². The first-order valence-corrected chi connectivity index (χ1v) is 5.73. The molecule has 0 atom stereocenters. The Kier molecular flexibility index (Phi) is 2.23. The first-order chi connectivity index (χ1) is 8.66. The molecule has 0 aliphatic heterocycles. The molecular weight excluding hydrogens is 226 g/mol. The number of hydrogen-bond donors (Lipinski definition) is 2. The second-order valence-corrected chi connectivity index (χ2v) is 4.36. The summed E-state index contributed by atoms with van der Waals surface area (Å²) in [5.41, 5.74) is 9.04. The third-order valence-corrected chi connectivity index (χ3v) is 3.02. The van der Waals surface area contributed by atoms with Crippen molar-refractivity contribution in [2.45, 2.75) is 6.92 Å². The molecule has 0 aliphatic rings. The maximum absolute atomic E-state index is 11.9. The molecule has 0 unspecified atom stereocenters. The number of rotatable bonds is 1. The normalized spacial score (nSPS) is 10.9. The highest BCUT2D eigenvalue weighted by Gasteiger charge is 2.10. The lowest BCUT2D eigenvalue weighted by Crippen LogP contribution is -2.04. The van der Waals surface area contributed by atoms with E-state index in [1.54, 1.807) is 10.7 Å². The Labute approximate surface area is 104 Å². The molecule has 3 rings (SSSR count). The highest BCUT2D eigenvalue weighted by atomic mass is 16.1. The molecule has 0 bridgehead atoms. The molecule has 3 aromatic rings. The average molecular weight is 239 g/mol. The summed E-state index contributed by atoms with van der Waals surface area (Å²) >= 11 is 0. The van der Waals surface area contributed by atoms with Crippen LogP contribution < -0.4 is 11.3 Å². The van der Waals surface area contributed by atoms with E-state index in [9.17, 15) is 4.79 Å². The first-order valence-electron chi connectivity index (χ1n) is 5.73. The van der Waals surface area contributed by atoms with Crippen LogP contribution in [0.1, 0.15) is 5.56 Å². The topological polar surface area (TPSA) is 63.8 Å². The van der Waals surface area contributed by atoms with Gasteiger partial charge in [0.15, 0.2) is 0 Å². The van der Waals surface area contributed by atoms with E-state index in [1.807, 2.05) is 43.3 Å². The first kappa shape index (κ1) is 10.7. The van der Waals surface area contributed by atoms with Crippen molar-refractivity contribution in [3.63, 3.8) is 0 Å². The van der Waals surface area contributed by atoms with E-state index in [2.05, 4.69) is 5.10 Å². The molecule has 4 heteroatoms. The smallest absolute Gasteiger partial charge is 0.274 e. The second-order valence-electron chi connectivity index (χ2n) is 4.36. The van der Waals surface area contributed by atoms with Crippen LogP contribution in [0.5, 0.6) is 0 Å². The zero-order chi connectivity index (χ0) is 12.7. The van der Waals surface area contributed by atoms with Crippen LogP contribution in [-0.2, 0) is 0 Å². The third kappa shape index (κ3) is 1.50. The molecule has 0 radical (unpaired) electrons. The summed E-state index contributed by atoms with van der Waals surface area (Å²) in [7, 11) is 0. The molecule has 3 N–H and O–H groups in total. The van der Waals surface area contributed by atoms with Gasteiger partial charge in [-0.1, -0.05) is 18.2 Å². The molecule has 0 amide bonds. The maximum atomic E-state index is 11.9. The van der Waals surface area contributed by atoms with E-state index in [0.717, 1.165) is 16.8 Å². The molecule has 90 valence electrons. The van der Waals surface area contributed by atoms with Gasteiger partial charge in [0.1, 0.15) is 0 Å². The lowest BCUT2D eigenvalue weighted by Gasteiger charge is -2.05. The largest absolute Gasteiger partial charge is 0.398 e. The third-order valence-electron chi connectivity index (χ3n) is 3.02. The lowest BCUT2D eigenvalue weighted by atomic mass is 10.2. The Balaban J connectivity index is 2.38. The summed E-state index contributed by atoms with van der Waals surface area (Å²) in [6.07, 6.45) is 0. The molecule has 0 saturated carbocycles. The van der Waals surface area contributed by atoms with Crippen LogP contribution in [0.2, 0.25) is 0 Å². The molecule has 1 aromatic heterocycles. The predicted octanol–water partition coefficient (Wildman–Crippen LogP) is 2.21. The Hall–Kier alpha value is -2.49.